The second-order valence-corrected chi connectivity index (χ2v) is 5.96. The molecule has 0 aromatic heterocycles. The number of halogens is 1. The van der Waals surface area contributed by atoms with Crippen LogP contribution in [0.1, 0.15) is 43.4 Å². The van der Waals surface area contributed by atoms with Gasteiger partial charge in [0.1, 0.15) is 5.82 Å². The van der Waals surface area contributed by atoms with Crippen LogP contribution in [0.2, 0.25) is 0 Å². The average Bonchev–Trinajstić information content (AvgIpc) is 2.41. The molecule has 0 heterocycles. The Balaban J connectivity index is 2.24. The summed E-state index contributed by atoms with van der Waals surface area (Å²) in [5, 5.41) is 0. The summed E-state index contributed by atoms with van der Waals surface area (Å²) in [5.74, 6) is 0.308. The van der Waals surface area contributed by atoms with E-state index in [0.29, 0.717) is 17.9 Å². The summed E-state index contributed by atoms with van der Waals surface area (Å²) in [6, 6.07) is 15.1. The first kappa shape index (κ1) is 14.7. The molecule has 0 saturated carbocycles. The molecule has 0 aliphatic heterocycles. The van der Waals surface area contributed by atoms with E-state index in [1.54, 1.807) is 12.1 Å². The highest BCUT2D eigenvalue weighted by molar-refractivity contribution is 5.31. The third-order valence-corrected chi connectivity index (χ3v) is 3.75. The van der Waals surface area contributed by atoms with Crippen LogP contribution in [0.3, 0.4) is 0 Å². The van der Waals surface area contributed by atoms with Crippen molar-refractivity contribution in [1.29, 1.82) is 0 Å². The predicted octanol–water partition coefficient (Wildman–Crippen LogP) is 4.37. The van der Waals surface area contributed by atoms with Crippen molar-refractivity contribution >= 4 is 0 Å². The molecule has 0 radical (unpaired) electrons. The van der Waals surface area contributed by atoms with Crippen molar-refractivity contribution in [2.45, 2.75) is 38.6 Å². The molecule has 2 aromatic carbocycles. The second-order valence-electron chi connectivity index (χ2n) is 5.96. The summed E-state index contributed by atoms with van der Waals surface area (Å²) < 4.78 is 13.8. The van der Waals surface area contributed by atoms with Gasteiger partial charge in [-0.05, 0) is 42.0 Å². The Bertz CT molecular complexity index is 570. The van der Waals surface area contributed by atoms with Crippen LogP contribution in [0.4, 0.5) is 4.39 Å². The number of benzene rings is 2. The molecule has 0 bridgehead atoms. The van der Waals surface area contributed by atoms with Crippen molar-refractivity contribution in [3.8, 4) is 0 Å². The van der Waals surface area contributed by atoms with Gasteiger partial charge in [-0.3, -0.25) is 0 Å². The zero-order valence-electron chi connectivity index (χ0n) is 12.4. The Morgan fingerprint density at radius 1 is 1.05 bits per heavy atom. The van der Waals surface area contributed by atoms with E-state index in [-0.39, 0.29) is 5.82 Å². The summed E-state index contributed by atoms with van der Waals surface area (Å²) in [7, 11) is 0. The standard InChI is InChI=1S/C18H22FN/c1-13(2)14-8-10-16(11-9-14)18(3,20)12-15-6-4-5-7-17(15)19/h4-11,13H,12,20H2,1-3H3. The van der Waals surface area contributed by atoms with Gasteiger partial charge in [-0.2, -0.15) is 0 Å². The molecular formula is C18H22FN. The topological polar surface area (TPSA) is 26.0 Å². The third-order valence-electron chi connectivity index (χ3n) is 3.75. The van der Waals surface area contributed by atoms with Gasteiger partial charge in [-0.15, -0.1) is 0 Å². The minimum Gasteiger partial charge on any atom is -0.321 e. The largest absolute Gasteiger partial charge is 0.321 e. The molecule has 20 heavy (non-hydrogen) atoms. The smallest absolute Gasteiger partial charge is 0.126 e. The van der Waals surface area contributed by atoms with E-state index < -0.39 is 5.54 Å². The van der Waals surface area contributed by atoms with Crippen LogP contribution in [0.15, 0.2) is 48.5 Å². The van der Waals surface area contributed by atoms with E-state index in [4.69, 9.17) is 5.73 Å². The molecule has 1 unspecified atom stereocenters. The fourth-order valence-electron chi connectivity index (χ4n) is 2.39. The van der Waals surface area contributed by atoms with E-state index in [0.717, 1.165) is 5.56 Å². The molecule has 1 nitrogen and oxygen atoms in total. The van der Waals surface area contributed by atoms with Gasteiger partial charge < -0.3 is 5.73 Å². The lowest BCUT2D eigenvalue weighted by Crippen LogP contribution is -2.35. The van der Waals surface area contributed by atoms with Crippen LogP contribution in [-0.4, -0.2) is 0 Å². The van der Waals surface area contributed by atoms with E-state index in [1.807, 2.05) is 13.0 Å². The molecule has 0 amide bonds. The zero-order valence-corrected chi connectivity index (χ0v) is 12.4. The predicted molar refractivity (Wildman–Crippen MR) is 82.2 cm³/mol. The van der Waals surface area contributed by atoms with Crippen LogP contribution in [0, 0.1) is 5.82 Å². The molecule has 1 atom stereocenters. The van der Waals surface area contributed by atoms with Crippen molar-refractivity contribution in [3.05, 3.63) is 71.0 Å². The van der Waals surface area contributed by atoms with Gasteiger partial charge in [0, 0.05) is 5.54 Å². The fourth-order valence-corrected chi connectivity index (χ4v) is 2.39. The Hall–Kier alpha value is -1.67. The molecule has 2 heteroatoms. The van der Waals surface area contributed by atoms with E-state index in [2.05, 4.69) is 38.1 Å². The van der Waals surface area contributed by atoms with Gasteiger partial charge in [0.2, 0.25) is 0 Å². The molecule has 106 valence electrons. The number of rotatable bonds is 4. The molecule has 0 aliphatic rings. The van der Waals surface area contributed by atoms with E-state index >= 15 is 0 Å². The van der Waals surface area contributed by atoms with Gasteiger partial charge in [-0.25, -0.2) is 4.39 Å². The molecule has 2 N–H and O–H groups in total. The van der Waals surface area contributed by atoms with Gasteiger partial charge in [0.15, 0.2) is 0 Å². The summed E-state index contributed by atoms with van der Waals surface area (Å²) in [6.45, 7) is 6.27. The minimum absolute atomic E-state index is 0.192. The lowest BCUT2D eigenvalue weighted by atomic mass is 9.85. The van der Waals surface area contributed by atoms with Crippen LogP contribution in [-0.2, 0) is 12.0 Å². The van der Waals surface area contributed by atoms with Crippen molar-refractivity contribution in [1.82, 2.24) is 0 Å². The van der Waals surface area contributed by atoms with Crippen molar-refractivity contribution in [3.63, 3.8) is 0 Å². The number of hydrogen-bond acceptors (Lipinski definition) is 1. The Labute approximate surface area is 120 Å². The Morgan fingerprint density at radius 2 is 1.65 bits per heavy atom. The highest BCUT2D eigenvalue weighted by atomic mass is 19.1. The maximum absolute atomic E-state index is 13.8. The van der Waals surface area contributed by atoms with Crippen molar-refractivity contribution < 1.29 is 4.39 Å². The lowest BCUT2D eigenvalue weighted by Gasteiger charge is -2.26. The molecule has 0 fully saturated rings. The zero-order chi connectivity index (χ0) is 14.8. The summed E-state index contributed by atoms with van der Waals surface area (Å²) in [6.07, 6.45) is 0.487. The van der Waals surface area contributed by atoms with Gasteiger partial charge in [0.25, 0.3) is 0 Å². The van der Waals surface area contributed by atoms with Gasteiger partial charge in [-0.1, -0.05) is 56.3 Å². The summed E-state index contributed by atoms with van der Waals surface area (Å²) in [4.78, 5) is 0. The SMILES string of the molecule is CC(C)c1ccc(C(C)(N)Cc2ccccc2F)cc1. The number of hydrogen-bond donors (Lipinski definition) is 1. The highest BCUT2D eigenvalue weighted by Gasteiger charge is 2.23. The molecular weight excluding hydrogens is 249 g/mol. The quantitative estimate of drug-likeness (QED) is 0.878. The van der Waals surface area contributed by atoms with Crippen LogP contribution in [0.25, 0.3) is 0 Å². The minimum atomic E-state index is -0.572. The Kier molecular flexibility index (Phi) is 4.24. The molecule has 0 aliphatic carbocycles. The maximum Gasteiger partial charge on any atom is 0.126 e. The van der Waals surface area contributed by atoms with E-state index in [1.165, 1.54) is 11.6 Å². The summed E-state index contributed by atoms with van der Waals surface area (Å²) in [5.41, 5.74) is 8.80. The molecule has 0 spiro atoms. The first-order chi connectivity index (χ1) is 9.40. The fraction of sp³-hybridized carbons (Fsp3) is 0.333. The molecule has 2 rings (SSSR count). The third kappa shape index (κ3) is 3.26. The van der Waals surface area contributed by atoms with Gasteiger partial charge >= 0.3 is 0 Å². The average molecular weight is 271 g/mol. The number of nitrogens with two attached hydrogens (primary N) is 1. The monoisotopic (exact) mass is 271 g/mol. The van der Waals surface area contributed by atoms with Crippen molar-refractivity contribution in [2.24, 2.45) is 5.73 Å². The first-order valence-electron chi connectivity index (χ1n) is 7.03. The second kappa shape index (κ2) is 5.76. The normalized spacial score (nSPS) is 14.3. The van der Waals surface area contributed by atoms with E-state index in [9.17, 15) is 4.39 Å². The van der Waals surface area contributed by atoms with Crippen molar-refractivity contribution in [2.75, 3.05) is 0 Å². The van der Waals surface area contributed by atoms with Crippen LogP contribution < -0.4 is 5.73 Å². The maximum atomic E-state index is 13.8. The van der Waals surface area contributed by atoms with Gasteiger partial charge in [0.05, 0.1) is 0 Å². The lowest BCUT2D eigenvalue weighted by molar-refractivity contribution is 0.475. The molecule has 2 aromatic rings. The first-order valence-corrected chi connectivity index (χ1v) is 7.03. The van der Waals surface area contributed by atoms with Crippen LogP contribution in [0.5, 0.6) is 0 Å². The van der Waals surface area contributed by atoms with Crippen LogP contribution >= 0.6 is 0 Å². The summed E-state index contributed by atoms with van der Waals surface area (Å²) >= 11 is 0. The highest BCUT2D eigenvalue weighted by Crippen LogP contribution is 2.25. The Morgan fingerprint density at radius 3 is 2.20 bits per heavy atom. The molecule has 0 saturated heterocycles.